The highest BCUT2D eigenvalue weighted by molar-refractivity contribution is 5.81. The van der Waals surface area contributed by atoms with Gasteiger partial charge in [-0.15, -0.1) is 0 Å². The molecule has 7 heteroatoms. The zero-order valence-electron chi connectivity index (χ0n) is 21.6. The van der Waals surface area contributed by atoms with Crippen LogP contribution in [0.5, 0.6) is 0 Å². The van der Waals surface area contributed by atoms with Gasteiger partial charge in [0.15, 0.2) is 0 Å². The number of anilines is 1. The van der Waals surface area contributed by atoms with E-state index in [1.807, 2.05) is 35.2 Å². The van der Waals surface area contributed by atoms with Crippen molar-refractivity contribution >= 4 is 22.9 Å². The average Bonchev–Trinajstić information content (AvgIpc) is 3.54. The number of nitrogens with zero attached hydrogens (tertiary/aromatic N) is 5. The number of aromatic nitrogens is 4. The first-order chi connectivity index (χ1) is 18.1. The first-order valence-corrected chi connectivity index (χ1v) is 13.5. The number of hydrogen-bond donors (Lipinski definition) is 1. The summed E-state index contributed by atoms with van der Waals surface area (Å²) in [5.41, 5.74) is 5.58. The van der Waals surface area contributed by atoms with Crippen molar-refractivity contribution in [2.45, 2.75) is 70.4 Å². The molecular formula is C30H36N6O. The molecule has 1 amide bonds. The van der Waals surface area contributed by atoms with E-state index < -0.39 is 0 Å². The number of fused-ring (bicyclic) bond motifs is 2. The van der Waals surface area contributed by atoms with Crippen molar-refractivity contribution in [3.63, 3.8) is 0 Å². The molecule has 0 aliphatic carbocycles. The first-order valence-electron chi connectivity index (χ1n) is 13.5. The molecule has 6 rings (SSSR count). The molecule has 1 N–H and O–H groups in total. The van der Waals surface area contributed by atoms with Crippen molar-refractivity contribution in [2.24, 2.45) is 0 Å². The number of rotatable bonds is 5. The third-order valence-corrected chi connectivity index (χ3v) is 8.12. The highest BCUT2D eigenvalue weighted by Gasteiger charge is 2.32. The van der Waals surface area contributed by atoms with Gasteiger partial charge in [0, 0.05) is 26.6 Å². The van der Waals surface area contributed by atoms with Crippen LogP contribution in [0.4, 0.5) is 5.95 Å². The molecule has 2 aromatic carbocycles. The van der Waals surface area contributed by atoms with Crippen molar-refractivity contribution in [3.05, 3.63) is 77.7 Å². The number of carbonyl (C=O) groups excluding carboxylic acids is 1. The first kappa shape index (κ1) is 23.6. The van der Waals surface area contributed by atoms with Gasteiger partial charge in [0.2, 0.25) is 11.9 Å². The lowest BCUT2D eigenvalue weighted by Gasteiger charge is -2.31. The smallest absolute Gasteiger partial charge is 0.225 e. The van der Waals surface area contributed by atoms with Crippen LogP contribution in [-0.4, -0.2) is 42.9 Å². The maximum Gasteiger partial charge on any atom is 0.225 e. The van der Waals surface area contributed by atoms with Gasteiger partial charge < -0.3 is 10.2 Å². The Balaban J connectivity index is 0.00000294. The van der Waals surface area contributed by atoms with Gasteiger partial charge in [-0.2, -0.15) is 4.98 Å². The molecule has 2 saturated heterocycles. The molecule has 7 nitrogen and oxygen atoms in total. The van der Waals surface area contributed by atoms with E-state index in [4.69, 9.17) is 9.97 Å². The third-order valence-electron chi connectivity index (χ3n) is 8.12. The number of nitrogens with one attached hydrogen (secondary N) is 1. The highest BCUT2D eigenvalue weighted by atomic mass is 16.2. The molecule has 2 aliphatic rings. The van der Waals surface area contributed by atoms with E-state index in [1.165, 1.54) is 29.5 Å². The molecule has 2 fully saturated rings. The Morgan fingerprint density at radius 3 is 2.76 bits per heavy atom. The second-order valence-corrected chi connectivity index (χ2v) is 10.5. The standard InChI is InChI=1S/C30H34N6O.H2/c1-20-16-27-26(18-25(20)23-10-6-11-24-12-7-15-35(24)29(37)17-23)32-19-36(27)28-13-14-31-30(34-28)33-21(2)22-8-4-3-5-9-22;/h3-5,8-9,13-14,16,18-19,21,23-24H,6-7,10-12,15,17H2,1-2H3,(H,31,33,34);1H/t21-,23?,24?;/m0./s1. The van der Waals surface area contributed by atoms with Crippen LogP contribution in [0.25, 0.3) is 16.9 Å². The van der Waals surface area contributed by atoms with Crippen LogP contribution in [0, 0.1) is 6.92 Å². The maximum atomic E-state index is 13.1. The van der Waals surface area contributed by atoms with Crippen LogP contribution in [0.1, 0.15) is 75.5 Å². The van der Waals surface area contributed by atoms with E-state index in [0.29, 0.717) is 24.3 Å². The molecule has 4 heterocycles. The summed E-state index contributed by atoms with van der Waals surface area (Å²) in [4.78, 5) is 29.2. The van der Waals surface area contributed by atoms with E-state index in [9.17, 15) is 4.79 Å². The summed E-state index contributed by atoms with van der Waals surface area (Å²) in [5.74, 6) is 1.92. The minimum absolute atomic E-state index is 0. The normalized spacial score (nSPS) is 20.9. The molecule has 37 heavy (non-hydrogen) atoms. The average molecular weight is 497 g/mol. The molecular weight excluding hydrogens is 460 g/mol. The van der Waals surface area contributed by atoms with Gasteiger partial charge in [0.05, 0.1) is 17.1 Å². The monoisotopic (exact) mass is 496 g/mol. The number of benzene rings is 2. The van der Waals surface area contributed by atoms with Gasteiger partial charge >= 0.3 is 0 Å². The lowest BCUT2D eigenvalue weighted by atomic mass is 9.85. The molecule has 0 radical (unpaired) electrons. The van der Waals surface area contributed by atoms with E-state index in [1.54, 1.807) is 6.20 Å². The summed E-state index contributed by atoms with van der Waals surface area (Å²) in [5, 5.41) is 3.41. The zero-order chi connectivity index (χ0) is 25.4. The van der Waals surface area contributed by atoms with Gasteiger partial charge in [-0.05, 0) is 80.3 Å². The highest BCUT2D eigenvalue weighted by Crippen LogP contribution is 2.36. The second kappa shape index (κ2) is 9.96. The van der Waals surface area contributed by atoms with Crippen molar-refractivity contribution in [2.75, 3.05) is 11.9 Å². The van der Waals surface area contributed by atoms with Gasteiger partial charge in [0.25, 0.3) is 0 Å². The molecule has 0 bridgehead atoms. The topological polar surface area (TPSA) is 75.9 Å². The number of amides is 1. The number of carbonyl (C=O) groups is 1. The van der Waals surface area contributed by atoms with E-state index in [2.05, 4.69) is 53.3 Å². The zero-order valence-corrected chi connectivity index (χ0v) is 21.6. The Hall–Kier alpha value is -3.74. The van der Waals surface area contributed by atoms with E-state index in [-0.39, 0.29) is 13.4 Å². The Morgan fingerprint density at radius 1 is 1.05 bits per heavy atom. The number of aryl methyl sites for hydroxylation is 1. The molecule has 3 atom stereocenters. The van der Waals surface area contributed by atoms with Crippen LogP contribution in [0.3, 0.4) is 0 Å². The Kier molecular flexibility index (Phi) is 6.37. The van der Waals surface area contributed by atoms with Crippen LogP contribution in [0.15, 0.2) is 61.1 Å². The fourth-order valence-electron chi connectivity index (χ4n) is 6.13. The summed E-state index contributed by atoms with van der Waals surface area (Å²) in [6.45, 7) is 5.19. The van der Waals surface area contributed by atoms with Crippen molar-refractivity contribution in [3.8, 4) is 5.82 Å². The fraction of sp³-hybridized carbons (Fsp3) is 0.400. The van der Waals surface area contributed by atoms with Crippen LogP contribution in [-0.2, 0) is 4.79 Å². The largest absolute Gasteiger partial charge is 0.348 e. The van der Waals surface area contributed by atoms with Gasteiger partial charge in [0.1, 0.15) is 12.1 Å². The van der Waals surface area contributed by atoms with E-state index in [0.717, 1.165) is 42.7 Å². The summed E-state index contributed by atoms with van der Waals surface area (Å²) >= 11 is 0. The Bertz CT molecular complexity index is 1420. The third kappa shape index (κ3) is 4.70. The van der Waals surface area contributed by atoms with Crippen molar-refractivity contribution in [1.82, 2.24) is 24.4 Å². The predicted octanol–water partition coefficient (Wildman–Crippen LogP) is 6.19. The lowest BCUT2D eigenvalue weighted by molar-refractivity contribution is -0.133. The fourth-order valence-corrected chi connectivity index (χ4v) is 6.13. The summed E-state index contributed by atoms with van der Waals surface area (Å²) in [7, 11) is 0. The quantitative estimate of drug-likeness (QED) is 0.356. The van der Waals surface area contributed by atoms with Gasteiger partial charge in [-0.3, -0.25) is 9.36 Å². The Labute approximate surface area is 219 Å². The summed E-state index contributed by atoms with van der Waals surface area (Å²) in [6.07, 6.45) is 9.89. The van der Waals surface area contributed by atoms with Gasteiger partial charge in [-0.1, -0.05) is 36.8 Å². The molecule has 192 valence electrons. The number of imidazole rings is 1. The van der Waals surface area contributed by atoms with Gasteiger partial charge in [-0.25, -0.2) is 9.97 Å². The SMILES string of the molecule is Cc1cc2c(cc1C1CCCC3CCCN3C(=O)C1)ncn2-c1ccnc(N[C@@H](C)c2ccccc2)n1.[HH]. The molecule has 2 unspecified atom stereocenters. The summed E-state index contributed by atoms with van der Waals surface area (Å²) in [6, 6.07) is 17.1. The predicted molar refractivity (Wildman–Crippen MR) is 148 cm³/mol. The minimum atomic E-state index is 0. The minimum Gasteiger partial charge on any atom is -0.348 e. The van der Waals surface area contributed by atoms with Crippen molar-refractivity contribution in [1.29, 1.82) is 0 Å². The van der Waals surface area contributed by atoms with Crippen LogP contribution < -0.4 is 5.32 Å². The van der Waals surface area contributed by atoms with E-state index >= 15 is 0 Å². The summed E-state index contributed by atoms with van der Waals surface area (Å²) < 4.78 is 2.02. The lowest BCUT2D eigenvalue weighted by Crippen LogP contribution is -2.37. The molecule has 2 aromatic heterocycles. The molecule has 0 spiro atoms. The van der Waals surface area contributed by atoms with Crippen LogP contribution >= 0.6 is 0 Å². The molecule has 0 saturated carbocycles. The maximum absolute atomic E-state index is 13.1. The molecule has 2 aliphatic heterocycles. The molecule has 4 aromatic rings. The van der Waals surface area contributed by atoms with Crippen LogP contribution in [0.2, 0.25) is 0 Å². The number of hydrogen-bond acceptors (Lipinski definition) is 5. The van der Waals surface area contributed by atoms with Crippen molar-refractivity contribution < 1.29 is 6.22 Å². The second-order valence-electron chi connectivity index (χ2n) is 10.5. The Morgan fingerprint density at radius 2 is 1.89 bits per heavy atom.